The Hall–Kier alpha value is -4.08. The Kier molecular flexibility index (Phi) is 8.86. The van der Waals surface area contributed by atoms with E-state index in [9.17, 15) is 14.0 Å². The number of hydrogen-bond donors (Lipinski definition) is 0. The minimum atomic E-state index is -0.364. The van der Waals surface area contributed by atoms with Crippen molar-refractivity contribution >= 4 is 46.3 Å². The Bertz CT molecular complexity index is 1660. The average molecular weight is 646 g/mol. The molecule has 3 aromatic carbocycles. The highest BCUT2D eigenvalue weighted by atomic mass is 35.5. The average Bonchev–Trinajstić information content (AvgIpc) is 3.79. The van der Waals surface area contributed by atoms with E-state index in [2.05, 4.69) is 29.2 Å². The minimum Gasteiger partial charge on any atom is -0.489 e. The zero-order valence-corrected chi connectivity index (χ0v) is 26.4. The molecule has 8 nitrogen and oxygen atoms in total. The number of aryl methyl sites for hydroxylation is 1. The summed E-state index contributed by atoms with van der Waals surface area (Å²) in [5.74, 6) is 0.805. The molecule has 0 N–H and O–H groups in total. The summed E-state index contributed by atoms with van der Waals surface area (Å²) in [5.41, 5.74) is 7.99. The Morgan fingerprint density at radius 2 is 1.54 bits per heavy atom. The number of amides is 2. The topological polar surface area (TPSA) is 71.6 Å². The number of ether oxygens (including phenoxy) is 3. The summed E-state index contributed by atoms with van der Waals surface area (Å²) in [7, 11) is 0. The second-order valence-electron chi connectivity index (χ2n) is 12.1. The van der Waals surface area contributed by atoms with E-state index in [1.807, 2.05) is 36.4 Å². The lowest BCUT2D eigenvalue weighted by atomic mass is 9.87. The van der Waals surface area contributed by atoms with Crippen LogP contribution in [-0.2, 0) is 15.9 Å². The molecule has 0 radical (unpaired) electrons. The van der Waals surface area contributed by atoms with Gasteiger partial charge in [-0.05, 0) is 102 Å². The predicted octanol–water partition coefficient (Wildman–Crippen LogP) is 7.36. The van der Waals surface area contributed by atoms with Gasteiger partial charge in [-0.25, -0.2) is 9.59 Å². The Morgan fingerprint density at radius 3 is 2.20 bits per heavy atom. The van der Waals surface area contributed by atoms with Crippen LogP contribution in [0.25, 0.3) is 11.1 Å². The van der Waals surface area contributed by atoms with Crippen LogP contribution in [0.1, 0.15) is 47.9 Å². The maximum absolute atomic E-state index is 12.7. The number of alkyl halides is 1. The quantitative estimate of drug-likeness (QED) is 0.242. The van der Waals surface area contributed by atoms with Crippen LogP contribution in [0, 0.1) is 0 Å². The molecule has 0 bridgehead atoms. The van der Waals surface area contributed by atoms with Gasteiger partial charge in [-0.2, -0.15) is 0 Å². The SMILES string of the molecule is O=C1OCCN1c1ccc(C2=C(c3ccc(O[C@H]4CCN(CCCF)C4)cc3)c3ccc(N4CCOC4=O)cc3CCC2)c(Cl)c1. The van der Waals surface area contributed by atoms with Crippen LogP contribution >= 0.6 is 11.6 Å². The van der Waals surface area contributed by atoms with Crippen molar-refractivity contribution in [2.75, 3.05) is 62.4 Å². The first-order chi connectivity index (χ1) is 22.5. The maximum Gasteiger partial charge on any atom is 0.414 e. The highest BCUT2D eigenvalue weighted by Crippen LogP contribution is 2.44. The van der Waals surface area contributed by atoms with Crippen LogP contribution < -0.4 is 14.5 Å². The highest BCUT2D eigenvalue weighted by molar-refractivity contribution is 6.33. The molecule has 0 saturated carbocycles. The number of benzene rings is 3. The van der Waals surface area contributed by atoms with Crippen LogP contribution in [-0.4, -0.2) is 75.8 Å². The number of allylic oxidation sites excluding steroid dienone is 1. The molecule has 7 rings (SSSR count). The molecule has 3 aliphatic heterocycles. The van der Waals surface area contributed by atoms with Crippen molar-refractivity contribution < 1.29 is 28.2 Å². The molecule has 10 heteroatoms. The Morgan fingerprint density at radius 1 is 0.848 bits per heavy atom. The fourth-order valence-corrected chi connectivity index (χ4v) is 7.27. The second-order valence-corrected chi connectivity index (χ2v) is 12.5. The van der Waals surface area contributed by atoms with Crippen LogP contribution in [0.3, 0.4) is 0 Å². The van der Waals surface area contributed by atoms with Gasteiger partial charge in [0.15, 0.2) is 0 Å². The Balaban J connectivity index is 1.25. The smallest absolute Gasteiger partial charge is 0.414 e. The fraction of sp³-hybridized carbons (Fsp3) is 0.389. The summed E-state index contributed by atoms with van der Waals surface area (Å²) in [5, 5.41) is 0.572. The summed E-state index contributed by atoms with van der Waals surface area (Å²) in [6, 6.07) is 20.2. The summed E-state index contributed by atoms with van der Waals surface area (Å²) in [4.78, 5) is 30.1. The van der Waals surface area contributed by atoms with Crippen molar-refractivity contribution in [3.63, 3.8) is 0 Å². The molecule has 3 saturated heterocycles. The standard InChI is InChI=1S/C36H37ClFN3O5/c37-33-22-27(41-18-20-45-36(41)43)8-12-31(33)32-4-1-3-25-21-26(40-17-19-44-35(40)42)7-11-30(25)34(32)24-5-9-28(10-6-24)46-29-13-16-39(23-29)15-2-14-38/h5-12,21-22,29H,1-4,13-20,23H2/t29-/m0/s1. The largest absolute Gasteiger partial charge is 0.489 e. The van der Waals surface area contributed by atoms with Gasteiger partial charge >= 0.3 is 12.2 Å². The third kappa shape index (κ3) is 6.18. The van der Waals surface area contributed by atoms with E-state index in [4.69, 9.17) is 25.8 Å². The molecule has 3 fully saturated rings. The van der Waals surface area contributed by atoms with Crippen LogP contribution in [0.5, 0.6) is 5.75 Å². The van der Waals surface area contributed by atoms with E-state index in [0.29, 0.717) is 43.4 Å². The molecule has 0 spiro atoms. The maximum atomic E-state index is 12.7. The molecule has 2 amide bonds. The molecule has 0 unspecified atom stereocenters. The Labute approximate surface area is 273 Å². The predicted molar refractivity (Wildman–Crippen MR) is 177 cm³/mol. The van der Waals surface area contributed by atoms with Gasteiger partial charge in [0.05, 0.1) is 24.8 Å². The first kappa shape index (κ1) is 30.6. The number of cyclic esters (lactones) is 2. The lowest BCUT2D eigenvalue weighted by Gasteiger charge is -2.21. The summed E-state index contributed by atoms with van der Waals surface area (Å²) >= 11 is 7.00. The van der Waals surface area contributed by atoms with Gasteiger partial charge in [0.1, 0.15) is 25.1 Å². The van der Waals surface area contributed by atoms with Crippen LogP contribution in [0.15, 0.2) is 60.7 Å². The number of likely N-dealkylation sites (tertiary alicyclic amines) is 1. The molecule has 1 aliphatic carbocycles. The van der Waals surface area contributed by atoms with Crippen LogP contribution in [0.4, 0.5) is 25.4 Å². The lowest BCUT2D eigenvalue weighted by molar-refractivity contribution is 0.180. The lowest BCUT2D eigenvalue weighted by Crippen LogP contribution is -2.26. The fourth-order valence-electron chi connectivity index (χ4n) is 6.99. The second kappa shape index (κ2) is 13.3. The van der Waals surface area contributed by atoms with Gasteiger partial charge in [-0.3, -0.25) is 19.1 Å². The zero-order chi connectivity index (χ0) is 31.6. The number of carbonyl (C=O) groups excluding carboxylic acids is 2. The van der Waals surface area contributed by atoms with Crippen molar-refractivity contribution in [3.05, 3.63) is 87.9 Å². The number of hydrogen-bond acceptors (Lipinski definition) is 6. The normalized spacial score (nSPS) is 20.2. The highest BCUT2D eigenvalue weighted by Gasteiger charge is 2.29. The van der Waals surface area contributed by atoms with Gasteiger partial charge in [0, 0.05) is 31.0 Å². The van der Waals surface area contributed by atoms with Gasteiger partial charge < -0.3 is 14.2 Å². The van der Waals surface area contributed by atoms with Crippen LogP contribution in [0.2, 0.25) is 5.02 Å². The van der Waals surface area contributed by atoms with Crippen molar-refractivity contribution in [1.82, 2.24) is 4.90 Å². The number of fused-ring (bicyclic) bond motifs is 1. The molecule has 240 valence electrons. The molecule has 3 aromatic rings. The third-order valence-corrected chi connectivity index (χ3v) is 9.55. The van der Waals surface area contributed by atoms with Crippen molar-refractivity contribution in [1.29, 1.82) is 0 Å². The number of carbonyl (C=O) groups is 2. The van der Waals surface area contributed by atoms with E-state index in [1.54, 1.807) is 9.80 Å². The van der Waals surface area contributed by atoms with E-state index in [-0.39, 0.29) is 25.0 Å². The van der Waals surface area contributed by atoms with Crippen molar-refractivity contribution in [3.8, 4) is 5.75 Å². The van der Waals surface area contributed by atoms with Crippen molar-refractivity contribution in [2.45, 2.75) is 38.2 Å². The number of rotatable bonds is 9. The monoisotopic (exact) mass is 645 g/mol. The van der Waals surface area contributed by atoms with E-state index in [0.717, 1.165) is 90.2 Å². The molecule has 0 aromatic heterocycles. The summed E-state index contributed by atoms with van der Waals surface area (Å²) in [6.45, 7) is 3.98. The molecular formula is C36H37ClFN3O5. The summed E-state index contributed by atoms with van der Waals surface area (Å²) in [6.07, 6.45) is 3.42. The van der Waals surface area contributed by atoms with E-state index in [1.165, 1.54) is 0 Å². The van der Waals surface area contributed by atoms with Gasteiger partial charge in [-0.1, -0.05) is 35.9 Å². The minimum absolute atomic E-state index is 0.0831. The molecular weight excluding hydrogens is 609 g/mol. The summed E-state index contributed by atoms with van der Waals surface area (Å²) < 4.78 is 29.3. The van der Waals surface area contributed by atoms with E-state index >= 15 is 0 Å². The zero-order valence-electron chi connectivity index (χ0n) is 25.7. The molecule has 46 heavy (non-hydrogen) atoms. The van der Waals surface area contributed by atoms with Gasteiger partial charge in [0.2, 0.25) is 0 Å². The molecule has 1 atom stereocenters. The third-order valence-electron chi connectivity index (χ3n) is 9.24. The van der Waals surface area contributed by atoms with Gasteiger partial charge in [0.25, 0.3) is 0 Å². The number of anilines is 2. The van der Waals surface area contributed by atoms with Gasteiger partial charge in [-0.15, -0.1) is 0 Å². The number of nitrogens with zero attached hydrogens (tertiary/aromatic N) is 3. The number of halogens is 2. The first-order valence-corrected chi connectivity index (χ1v) is 16.5. The van der Waals surface area contributed by atoms with E-state index < -0.39 is 0 Å². The molecule has 3 heterocycles. The first-order valence-electron chi connectivity index (χ1n) is 16.1. The molecule has 4 aliphatic rings. The van der Waals surface area contributed by atoms with Crippen molar-refractivity contribution in [2.24, 2.45) is 0 Å².